The average molecular weight is 380 g/mol. The van der Waals surface area contributed by atoms with Gasteiger partial charge >= 0.3 is 5.97 Å². The summed E-state index contributed by atoms with van der Waals surface area (Å²) in [5, 5.41) is 0. The normalized spacial score (nSPS) is 20.7. The molecular weight excluding hydrogens is 352 g/mol. The standard InChI is InChI=1S/C23H28N2O3/c1-17-12-24(14-19-8-10-20(11-9-19)23(27)28-3)13-18(2)25(17)15-21-6-4-5-7-22(21)16-26/h4-11,16-18H,12-15H2,1-3H3/t17-,18+. The lowest BCUT2D eigenvalue weighted by molar-refractivity contribution is 0.0289. The van der Waals surface area contributed by atoms with Crippen LogP contribution in [0.1, 0.15) is 45.7 Å². The summed E-state index contributed by atoms with van der Waals surface area (Å²) >= 11 is 0. The monoisotopic (exact) mass is 380 g/mol. The van der Waals surface area contributed by atoms with E-state index in [4.69, 9.17) is 4.74 Å². The van der Waals surface area contributed by atoms with Crippen LogP contribution in [0.4, 0.5) is 0 Å². The number of carbonyl (C=O) groups is 2. The zero-order chi connectivity index (χ0) is 20.1. The van der Waals surface area contributed by atoms with Crippen molar-refractivity contribution < 1.29 is 14.3 Å². The molecule has 1 aliphatic heterocycles. The van der Waals surface area contributed by atoms with Crippen molar-refractivity contribution in [3.63, 3.8) is 0 Å². The highest BCUT2D eigenvalue weighted by atomic mass is 16.5. The summed E-state index contributed by atoms with van der Waals surface area (Å²) in [6.07, 6.45) is 0.943. The molecule has 148 valence electrons. The van der Waals surface area contributed by atoms with Gasteiger partial charge in [-0.05, 0) is 37.1 Å². The van der Waals surface area contributed by atoms with Crippen molar-refractivity contribution >= 4 is 12.3 Å². The van der Waals surface area contributed by atoms with Crippen molar-refractivity contribution in [1.82, 2.24) is 9.80 Å². The van der Waals surface area contributed by atoms with Gasteiger partial charge < -0.3 is 4.74 Å². The predicted molar refractivity (Wildman–Crippen MR) is 109 cm³/mol. The molecular formula is C23H28N2O3. The lowest BCUT2D eigenvalue weighted by atomic mass is 10.0. The Kier molecular flexibility index (Phi) is 6.60. The first-order valence-electron chi connectivity index (χ1n) is 9.70. The minimum Gasteiger partial charge on any atom is -0.465 e. The SMILES string of the molecule is COC(=O)c1ccc(CN2C[C@@H](C)N(Cc3ccccc3C=O)[C@@H](C)C2)cc1. The Morgan fingerprint density at radius 2 is 1.68 bits per heavy atom. The van der Waals surface area contributed by atoms with Crippen molar-refractivity contribution in [2.75, 3.05) is 20.2 Å². The molecule has 28 heavy (non-hydrogen) atoms. The Morgan fingerprint density at radius 3 is 2.29 bits per heavy atom. The van der Waals surface area contributed by atoms with E-state index in [-0.39, 0.29) is 5.97 Å². The number of nitrogens with zero attached hydrogens (tertiary/aromatic N) is 2. The first-order valence-corrected chi connectivity index (χ1v) is 9.70. The number of aldehydes is 1. The summed E-state index contributed by atoms with van der Waals surface area (Å²) in [7, 11) is 1.39. The van der Waals surface area contributed by atoms with Crippen LogP contribution in [0, 0.1) is 0 Å². The number of carbonyl (C=O) groups excluding carboxylic acids is 2. The predicted octanol–water partition coefficient (Wildman–Crippen LogP) is 3.38. The van der Waals surface area contributed by atoms with Gasteiger partial charge in [-0.25, -0.2) is 4.79 Å². The quantitative estimate of drug-likeness (QED) is 0.568. The summed E-state index contributed by atoms with van der Waals surface area (Å²) in [4.78, 5) is 27.8. The fourth-order valence-corrected chi connectivity index (χ4v) is 4.02. The van der Waals surface area contributed by atoms with Crippen LogP contribution in [-0.2, 0) is 17.8 Å². The van der Waals surface area contributed by atoms with Crippen molar-refractivity contribution in [3.8, 4) is 0 Å². The molecule has 2 aromatic carbocycles. The first-order chi connectivity index (χ1) is 13.5. The van der Waals surface area contributed by atoms with Gasteiger partial charge in [-0.1, -0.05) is 36.4 Å². The third kappa shape index (κ3) is 4.66. The zero-order valence-corrected chi connectivity index (χ0v) is 16.8. The van der Waals surface area contributed by atoms with Crippen LogP contribution in [0.2, 0.25) is 0 Å². The lowest BCUT2D eigenvalue weighted by Gasteiger charge is -2.44. The second-order valence-electron chi connectivity index (χ2n) is 7.57. The Balaban J connectivity index is 1.63. The molecule has 1 saturated heterocycles. The number of esters is 1. The lowest BCUT2D eigenvalue weighted by Crippen LogP contribution is -2.55. The van der Waals surface area contributed by atoms with Crippen LogP contribution in [0.25, 0.3) is 0 Å². The van der Waals surface area contributed by atoms with Crippen molar-refractivity contribution in [1.29, 1.82) is 0 Å². The maximum atomic E-state index is 11.6. The zero-order valence-electron chi connectivity index (χ0n) is 16.8. The summed E-state index contributed by atoms with van der Waals surface area (Å²) < 4.78 is 4.75. The molecule has 0 radical (unpaired) electrons. The fourth-order valence-electron chi connectivity index (χ4n) is 4.02. The number of benzene rings is 2. The number of hydrogen-bond donors (Lipinski definition) is 0. The van der Waals surface area contributed by atoms with Gasteiger partial charge in [-0.15, -0.1) is 0 Å². The van der Waals surface area contributed by atoms with Crippen LogP contribution in [0.15, 0.2) is 48.5 Å². The molecule has 0 spiro atoms. The Hall–Kier alpha value is -2.50. The summed E-state index contributed by atoms with van der Waals surface area (Å²) in [5.74, 6) is -0.307. The van der Waals surface area contributed by atoms with Gasteiger partial charge in [-0.3, -0.25) is 14.6 Å². The number of piperazine rings is 1. The third-order valence-electron chi connectivity index (χ3n) is 5.49. The number of rotatable bonds is 6. The molecule has 2 aromatic rings. The van der Waals surface area contributed by atoms with Gasteiger partial charge in [0.25, 0.3) is 0 Å². The minimum atomic E-state index is -0.307. The van der Waals surface area contributed by atoms with E-state index in [9.17, 15) is 9.59 Å². The summed E-state index contributed by atoms with van der Waals surface area (Å²) in [6.45, 7) is 8.06. The first kappa shape index (κ1) is 20.2. The maximum Gasteiger partial charge on any atom is 0.337 e. The molecule has 3 rings (SSSR count). The molecule has 0 amide bonds. The molecule has 0 aliphatic carbocycles. The van der Waals surface area contributed by atoms with E-state index in [1.165, 1.54) is 12.7 Å². The molecule has 0 unspecified atom stereocenters. The Bertz CT molecular complexity index is 807. The third-order valence-corrected chi connectivity index (χ3v) is 5.49. The molecule has 0 saturated carbocycles. The fraction of sp³-hybridized carbons (Fsp3) is 0.391. The molecule has 2 atom stereocenters. The largest absolute Gasteiger partial charge is 0.465 e. The van der Waals surface area contributed by atoms with Crippen LogP contribution in [0.5, 0.6) is 0 Å². The van der Waals surface area contributed by atoms with E-state index in [0.29, 0.717) is 17.6 Å². The number of hydrogen-bond acceptors (Lipinski definition) is 5. The minimum absolute atomic E-state index is 0.307. The van der Waals surface area contributed by atoms with E-state index in [1.54, 1.807) is 0 Å². The number of methoxy groups -OCH3 is 1. The average Bonchev–Trinajstić information content (AvgIpc) is 2.71. The summed E-state index contributed by atoms with van der Waals surface area (Å²) in [5.41, 5.74) is 3.62. The highest BCUT2D eigenvalue weighted by Crippen LogP contribution is 2.22. The van der Waals surface area contributed by atoms with Crippen LogP contribution >= 0.6 is 0 Å². The number of ether oxygens (including phenoxy) is 1. The second kappa shape index (κ2) is 9.13. The highest BCUT2D eigenvalue weighted by molar-refractivity contribution is 5.89. The molecule has 1 aliphatic rings. The van der Waals surface area contributed by atoms with E-state index in [1.807, 2.05) is 48.5 Å². The van der Waals surface area contributed by atoms with Gasteiger partial charge in [0.05, 0.1) is 12.7 Å². The maximum absolute atomic E-state index is 11.6. The van der Waals surface area contributed by atoms with Crippen molar-refractivity contribution in [3.05, 3.63) is 70.8 Å². The summed E-state index contributed by atoms with van der Waals surface area (Å²) in [6, 6.07) is 16.2. The van der Waals surface area contributed by atoms with Gasteiger partial charge in [0.15, 0.2) is 0 Å². The van der Waals surface area contributed by atoms with Crippen LogP contribution < -0.4 is 0 Å². The van der Waals surface area contributed by atoms with Gasteiger partial charge in [0, 0.05) is 43.8 Å². The van der Waals surface area contributed by atoms with Crippen LogP contribution in [-0.4, -0.2) is 54.3 Å². The van der Waals surface area contributed by atoms with E-state index in [2.05, 4.69) is 23.6 Å². The molecule has 1 heterocycles. The molecule has 0 bridgehead atoms. The Morgan fingerprint density at radius 1 is 1.04 bits per heavy atom. The molecule has 1 fully saturated rings. The van der Waals surface area contributed by atoms with E-state index >= 15 is 0 Å². The van der Waals surface area contributed by atoms with E-state index in [0.717, 1.165) is 43.6 Å². The van der Waals surface area contributed by atoms with Crippen LogP contribution in [0.3, 0.4) is 0 Å². The van der Waals surface area contributed by atoms with Crippen molar-refractivity contribution in [2.45, 2.75) is 39.0 Å². The Labute approximate surface area is 166 Å². The van der Waals surface area contributed by atoms with Gasteiger partial charge in [-0.2, -0.15) is 0 Å². The second-order valence-corrected chi connectivity index (χ2v) is 7.57. The molecule has 0 aromatic heterocycles. The topological polar surface area (TPSA) is 49.9 Å². The smallest absolute Gasteiger partial charge is 0.337 e. The van der Waals surface area contributed by atoms with Gasteiger partial charge in [0.1, 0.15) is 6.29 Å². The molecule has 0 N–H and O–H groups in total. The highest BCUT2D eigenvalue weighted by Gasteiger charge is 2.29. The molecule has 5 nitrogen and oxygen atoms in total. The van der Waals surface area contributed by atoms with Gasteiger partial charge in [0.2, 0.25) is 0 Å². The van der Waals surface area contributed by atoms with Crippen molar-refractivity contribution in [2.24, 2.45) is 0 Å². The van der Waals surface area contributed by atoms with E-state index < -0.39 is 0 Å². The molecule has 5 heteroatoms.